The molecule has 0 unspecified atom stereocenters. The van der Waals surface area contributed by atoms with E-state index in [2.05, 4.69) is 24.5 Å². The molecule has 110 valence electrons. The van der Waals surface area contributed by atoms with Crippen LogP contribution in [0, 0.1) is 19.8 Å². The zero-order chi connectivity index (χ0) is 15.3. The minimum Gasteiger partial charge on any atom is -0.478 e. The van der Waals surface area contributed by atoms with Gasteiger partial charge in [-0.15, -0.1) is 0 Å². The minimum atomic E-state index is -0.991. The molecule has 0 aliphatic rings. The van der Waals surface area contributed by atoms with Crippen LogP contribution in [0.3, 0.4) is 0 Å². The van der Waals surface area contributed by atoms with Gasteiger partial charge in [0.1, 0.15) is 0 Å². The average molecular weight is 278 g/mol. The maximum atomic E-state index is 11.7. The largest absolute Gasteiger partial charge is 0.478 e. The number of carbonyl (C=O) groups is 2. The molecule has 1 aromatic carbocycles. The topological polar surface area (TPSA) is 78.4 Å². The summed E-state index contributed by atoms with van der Waals surface area (Å²) in [5.41, 5.74) is 2.25. The number of rotatable bonds is 5. The third-order valence-corrected chi connectivity index (χ3v) is 3.16. The molecular weight excluding hydrogens is 256 g/mol. The van der Waals surface area contributed by atoms with Gasteiger partial charge in [-0.3, -0.25) is 0 Å². The quantitative estimate of drug-likeness (QED) is 0.774. The van der Waals surface area contributed by atoms with Gasteiger partial charge in [-0.05, 0) is 49.4 Å². The van der Waals surface area contributed by atoms with E-state index in [1.807, 2.05) is 6.92 Å². The van der Waals surface area contributed by atoms with Crippen LogP contribution in [0.2, 0.25) is 0 Å². The Morgan fingerprint density at radius 2 is 1.90 bits per heavy atom. The van der Waals surface area contributed by atoms with Crippen LogP contribution in [-0.4, -0.2) is 23.7 Å². The molecule has 0 saturated heterocycles. The first kappa shape index (κ1) is 16.0. The molecule has 20 heavy (non-hydrogen) atoms. The Balaban J connectivity index is 2.73. The summed E-state index contributed by atoms with van der Waals surface area (Å²) in [6, 6.07) is 2.93. The monoisotopic (exact) mass is 278 g/mol. The number of hydrogen-bond acceptors (Lipinski definition) is 2. The number of aryl methyl sites for hydroxylation is 1. The molecule has 3 N–H and O–H groups in total. The lowest BCUT2D eigenvalue weighted by atomic mass is 10.0. The molecule has 0 saturated carbocycles. The number of anilines is 1. The first-order valence-electron chi connectivity index (χ1n) is 6.70. The normalized spacial score (nSPS) is 10.4. The molecule has 0 heterocycles. The van der Waals surface area contributed by atoms with Gasteiger partial charge >= 0.3 is 12.0 Å². The zero-order valence-electron chi connectivity index (χ0n) is 12.4. The maximum Gasteiger partial charge on any atom is 0.336 e. The van der Waals surface area contributed by atoms with Crippen LogP contribution < -0.4 is 10.6 Å². The van der Waals surface area contributed by atoms with E-state index >= 15 is 0 Å². The summed E-state index contributed by atoms with van der Waals surface area (Å²) in [6.45, 7) is 8.35. The van der Waals surface area contributed by atoms with E-state index in [4.69, 9.17) is 5.11 Å². The molecule has 0 aromatic heterocycles. The molecule has 0 aliphatic heterocycles. The molecule has 0 aliphatic carbocycles. The first-order chi connectivity index (χ1) is 9.31. The number of benzene rings is 1. The third-order valence-electron chi connectivity index (χ3n) is 3.16. The predicted octanol–water partition coefficient (Wildman–Crippen LogP) is 3.17. The summed E-state index contributed by atoms with van der Waals surface area (Å²) in [4.78, 5) is 22.8. The van der Waals surface area contributed by atoms with Crippen LogP contribution in [0.4, 0.5) is 10.5 Å². The summed E-state index contributed by atoms with van der Waals surface area (Å²) >= 11 is 0. The number of urea groups is 1. The molecule has 1 aromatic rings. The number of hydrogen-bond donors (Lipinski definition) is 3. The molecule has 0 fully saturated rings. The number of amides is 2. The second-order valence-electron chi connectivity index (χ2n) is 5.33. The van der Waals surface area contributed by atoms with Crippen molar-refractivity contribution >= 4 is 17.7 Å². The van der Waals surface area contributed by atoms with Gasteiger partial charge in [-0.25, -0.2) is 9.59 Å². The summed E-state index contributed by atoms with van der Waals surface area (Å²) in [7, 11) is 0. The van der Waals surface area contributed by atoms with Crippen LogP contribution in [0.15, 0.2) is 12.1 Å². The van der Waals surface area contributed by atoms with Gasteiger partial charge < -0.3 is 15.7 Å². The highest BCUT2D eigenvalue weighted by molar-refractivity contribution is 5.94. The van der Waals surface area contributed by atoms with Gasteiger partial charge in [0.05, 0.1) is 5.56 Å². The highest BCUT2D eigenvalue weighted by atomic mass is 16.4. The van der Waals surface area contributed by atoms with Crippen molar-refractivity contribution in [3.05, 3.63) is 28.8 Å². The Labute approximate surface area is 119 Å². The van der Waals surface area contributed by atoms with Gasteiger partial charge in [-0.2, -0.15) is 0 Å². The van der Waals surface area contributed by atoms with Crippen molar-refractivity contribution in [3.63, 3.8) is 0 Å². The van der Waals surface area contributed by atoms with Crippen molar-refractivity contribution in [1.29, 1.82) is 0 Å². The van der Waals surface area contributed by atoms with Gasteiger partial charge in [0.15, 0.2) is 0 Å². The van der Waals surface area contributed by atoms with Crippen LogP contribution in [0.5, 0.6) is 0 Å². The first-order valence-corrected chi connectivity index (χ1v) is 6.70. The molecule has 5 nitrogen and oxygen atoms in total. The second-order valence-corrected chi connectivity index (χ2v) is 5.33. The molecule has 0 bridgehead atoms. The second kappa shape index (κ2) is 6.93. The lowest BCUT2D eigenvalue weighted by Crippen LogP contribution is -2.30. The van der Waals surface area contributed by atoms with E-state index in [-0.39, 0.29) is 11.6 Å². The molecule has 5 heteroatoms. The molecule has 0 radical (unpaired) electrons. The molecule has 2 amide bonds. The Morgan fingerprint density at radius 1 is 1.25 bits per heavy atom. The zero-order valence-corrected chi connectivity index (χ0v) is 12.4. The molecule has 1 rings (SSSR count). The van der Waals surface area contributed by atoms with E-state index in [1.54, 1.807) is 13.0 Å². The molecular formula is C15H22N2O3. The standard InChI is InChI=1S/C15H22N2O3/c1-9(2)5-6-16-15(20)17-12-7-10(3)11(4)13(8-12)14(18)19/h7-9H,5-6H2,1-4H3,(H,18,19)(H2,16,17,20). The van der Waals surface area contributed by atoms with Crippen molar-refractivity contribution in [2.45, 2.75) is 34.1 Å². The Morgan fingerprint density at radius 3 is 2.45 bits per heavy atom. The smallest absolute Gasteiger partial charge is 0.336 e. The fourth-order valence-corrected chi connectivity index (χ4v) is 1.80. The maximum absolute atomic E-state index is 11.7. The van der Waals surface area contributed by atoms with Crippen molar-refractivity contribution in [1.82, 2.24) is 5.32 Å². The Bertz CT molecular complexity index is 510. The molecule has 0 atom stereocenters. The Kier molecular flexibility index (Phi) is 5.55. The van der Waals surface area contributed by atoms with Gasteiger partial charge in [-0.1, -0.05) is 13.8 Å². The Hall–Kier alpha value is -2.04. The molecule has 0 spiro atoms. The van der Waals surface area contributed by atoms with Gasteiger partial charge in [0, 0.05) is 12.2 Å². The fourth-order valence-electron chi connectivity index (χ4n) is 1.80. The van der Waals surface area contributed by atoms with Crippen LogP contribution in [0.25, 0.3) is 0 Å². The highest BCUT2D eigenvalue weighted by Crippen LogP contribution is 2.20. The van der Waals surface area contributed by atoms with Crippen molar-refractivity contribution < 1.29 is 14.7 Å². The van der Waals surface area contributed by atoms with Gasteiger partial charge in [0.25, 0.3) is 0 Å². The highest BCUT2D eigenvalue weighted by Gasteiger charge is 2.12. The van der Waals surface area contributed by atoms with Crippen molar-refractivity contribution in [2.24, 2.45) is 5.92 Å². The van der Waals surface area contributed by atoms with E-state index in [1.165, 1.54) is 6.07 Å². The number of carboxylic acids is 1. The summed E-state index contributed by atoms with van der Waals surface area (Å²) in [5, 5.41) is 14.5. The summed E-state index contributed by atoms with van der Waals surface area (Å²) < 4.78 is 0. The fraction of sp³-hybridized carbons (Fsp3) is 0.467. The summed E-state index contributed by atoms with van der Waals surface area (Å²) in [6.07, 6.45) is 0.903. The predicted molar refractivity (Wildman–Crippen MR) is 79.4 cm³/mol. The number of carbonyl (C=O) groups excluding carboxylic acids is 1. The van der Waals surface area contributed by atoms with E-state index < -0.39 is 5.97 Å². The van der Waals surface area contributed by atoms with E-state index in [0.717, 1.165) is 12.0 Å². The minimum absolute atomic E-state index is 0.211. The lowest BCUT2D eigenvalue weighted by molar-refractivity contribution is 0.0696. The van der Waals surface area contributed by atoms with Crippen molar-refractivity contribution in [2.75, 3.05) is 11.9 Å². The van der Waals surface area contributed by atoms with Crippen LogP contribution >= 0.6 is 0 Å². The lowest BCUT2D eigenvalue weighted by Gasteiger charge is -2.12. The number of carboxylic acid groups (broad SMARTS) is 1. The third kappa shape index (κ3) is 4.57. The van der Waals surface area contributed by atoms with Crippen molar-refractivity contribution in [3.8, 4) is 0 Å². The van der Waals surface area contributed by atoms with Crippen LogP contribution in [-0.2, 0) is 0 Å². The average Bonchev–Trinajstić information content (AvgIpc) is 2.32. The van der Waals surface area contributed by atoms with Gasteiger partial charge in [0.2, 0.25) is 0 Å². The van der Waals surface area contributed by atoms with E-state index in [9.17, 15) is 9.59 Å². The number of nitrogens with one attached hydrogen (secondary N) is 2. The number of aromatic carboxylic acids is 1. The van der Waals surface area contributed by atoms with E-state index in [0.29, 0.717) is 23.7 Å². The SMILES string of the molecule is Cc1cc(NC(=O)NCCC(C)C)cc(C(=O)O)c1C. The van der Waals surface area contributed by atoms with Crippen LogP contribution in [0.1, 0.15) is 41.8 Å². The summed E-state index contributed by atoms with van der Waals surface area (Å²) in [5.74, 6) is -0.468.